The van der Waals surface area contributed by atoms with Crippen LogP contribution in [0, 0.1) is 24.2 Å². The average Bonchev–Trinajstić information content (AvgIpc) is 2.82. The van der Waals surface area contributed by atoms with E-state index in [-0.39, 0.29) is 18.1 Å². The van der Waals surface area contributed by atoms with E-state index in [0.717, 1.165) is 16.5 Å². The van der Waals surface area contributed by atoms with Crippen LogP contribution in [-0.4, -0.2) is 23.5 Å². The summed E-state index contributed by atoms with van der Waals surface area (Å²) < 4.78 is 16.3. The van der Waals surface area contributed by atoms with Crippen molar-refractivity contribution in [3.8, 4) is 11.8 Å². The minimum Gasteiger partial charge on any atom is -0.489 e. The number of hydrogen-bond donors (Lipinski definition) is 1. The van der Waals surface area contributed by atoms with E-state index in [9.17, 15) is 19.6 Å². The Hall–Kier alpha value is -4.12. The van der Waals surface area contributed by atoms with Crippen molar-refractivity contribution >= 4 is 22.8 Å². The van der Waals surface area contributed by atoms with Crippen LogP contribution in [0.4, 0.5) is 0 Å². The van der Waals surface area contributed by atoms with Crippen molar-refractivity contribution in [1.29, 1.82) is 5.26 Å². The number of nitriles is 1. The fourth-order valence-corrected chi connectivity index (χ4v) is 3.24. The van der Waals surface area contributed by atoms with Gasteiger partial charge in [-0.15, -0.1) is 0 Å². The normalized spacial score (nSPS) is 13.5. The van der Waals surface area contributed by atoms with Crippen LogP contribution in [0.3, 0.4) is 0 Å². The molecule has 0 radical (unpaired) electrons. The first-order valence-corrected chi connectivity index (χ1v) is 11.2. The van der Waals surface area contributed by atoms with Crippen LogP contribution in [0.1, 0.15) is 49.2 Å². The van der Waals surface area contributed by atoms with Gasteiger partial charge in [-0.2, -0.15) is 5.26 Å². The number of ether oxygens (including phenoxy) is 2. The lowest BCUT2D eigenvalue weighted by molar-refractivity contribution is -0.130. The highest BCUT2D eigenvalue weighted by molar-refractivity contribution is 5.92. The highest BCUT2D eigenvalue weighted by Crippen LogP contribution is 2.23. The molecule has 0 saturated carbocycles. The van der Waals surface area contributed by atoms with Gasteiger partial charge in [0.25, 0.3) is 5.91 Å². The van der Waals surface area contributed by atoms with E-state index in [1.807, 2.05) is 26.8 Å². The Bertz CT molecular complexity index is 1340. The average molecular weight is 477 g/mol. The van der Waals surface area contributed by atoms with Crippen LogP contribution in [0.15, 0.2) is 57.7 Å². The maximum atomic E-state index is 12.5. The number of nitrogens with one attached hydrogen (secondary N) is 1. The number of esters is 1. The first kappa shape index (κ1) is 25.5. The van der Waals surface area contributed by atoms with Gasteiger partial charge in [0, 0.05) is 17.5 Å². The van der Waals surface area contributed by atoms with Crippen molar-refractivity contribution in [3.63, 3.8) is 0 Å². The van der Waals surface area contributed by atoms with E-state index in [2.05, 4.69) is 11.4 Å². The minimum atomic E-state index is -1.06. The van der Waals surface area contributed by atoms with E-state index in [1.165, 1.54) is 13.0 Å². The van der Waals surface area contributed by atoms with Gasteiger partial charge in [0.05, 0.1) is 11.6 Å². The molecule has 0 fully saturated rings. The molecular formula is C27H28N2O6. The van der Waals surface area contributed by atoms with Crippen LogP contribution >= 0.6 is 0 Å². The van der Waals surface area contributed by atoms with Crippen molar-refractivity contribution in [2.75, 3.05) is 0 Å². The Kier molecular flexibility index (Phi) is 7.60. The molecule has 0 bridgehead atoms. The number of nitrogens with zero attached hydrogens (tertiary/aromatic N) is 1. The summed E-state index contributed by atoms with van der Waals surface area (Å²) in [6.45, 7) is 8.81. The molecular weight excluding hydrogens is 448 g/mol. The Morgan fingerprint density at radius 2 is 1.80 bits per heavy atom. The minimum absolute atomic E-state index is 0.119. The Labute approximate surface area is 203 Å². The standard InChI is InChI=1S/C27H28N2O6/c1-16(2)27(5,15-28)29-25(31)18(4)34-26(32)20-8-6-19(7-9-20)14-33-21-10-11-22-17(3)12-24(30)35-23(22)13-21/h6-13,16,18H,14H2,1-5H3,(H,29,31). The maximum Gasteiger partial charge on any atom is 0.338 e. The fourth-order valence-electron chi connectivity index (χ4n) is 3.24. The van der Waals surface area contributed by atoms with Crippen molar-refractivity contribution in [3.05, 3.63) is 75.6 Å². The Balaban J connectivity index is 1.59. The molecule has 0 aliphatic carbocycles. The molecule has 0 saturated heterocycles. The van der Waals surface area contributed by atoms with Gasteiger partial charge in [-0.05, 0) is 62.1 Å². The summed E-state index contributed by atoms with van der Waals surface area (Å²) in [6, 6.07) is 15.4. The zero-order valence-corrected chi connectivity index (χ0v) is 20.4. The van der Waals surface area contributed by atoms with Gasteiger partial charge in [-0.3, -0.25) is 4.79 Å². The highest BCUT2D eigenvalue weighted by Gasteiger charge is 2.32. The van der Waals surface area contributed by atoms with Crippen molar-refractivity contribution in [2.45, 2.75) is 52.9 Å². The molecule has 182 valence electrons. The van der Waals surface area contributed by atoms with Gasteiger partial charge < -0.3 is 19.2 Å². The third kappa shape index (κ3) is 6.07. The molecule has 0 spiro atoms. The van der Waals surface area contributed by atoms with Crippen LogP contribution in [0.2, 0.25) is 0 Å². The molecule has 2 unspecified atom stereocenters. The maximum absolute atomic E-state index is 12.5. The fraction of sp³-hybridized carbons (Fsp3) is 0.333. The van der Waals surface area contributed by atoms with Crippen molar-refractivity contribution < 1.29 is 23.5 Å². The van der Waals surface area contributed by atoms with Crippen LogP contribution in [0.25, 0.3) is 11.0 Å². The number of rotatable bonds is 8. The van der Waals surface area contributed by atoms with E-state index in [1.54, 1.807) is 43.3 Å². The molecule has 1 aromatic heterocycles. The van der Waals surface area contributed by atoms with E-state index in [4.69, 9.17) is 13.9 Å². The second kappa shape index (κ2) is 10.4. The molecule has 2 aromatic carbocycles. The SMILES string of the molecule is Cc1cc(=O)oc2cc(OCc3ccc(C(=O)OC(C)C(=O)NC(C)(C#N)C(C)C)cc3)ccc12. The first-order chi connectivity index (χ1) is 16.5. The number of fused-ring (bicyclic) bond motifs is 1. The summed E-state index contributed by atoms with van der Waals surface area (Å²) >= 11 is 0. The topological polar surface area (TPSA) is 119 Å². The first-order valence-electron chi connectivity index (χ1n) is 11.2. The van der Waals surface area contributed by atoms with Gasteiger partial charge in [0.15, 0.2) is 6.10 Å². The number of carbonyl (C=O) groups excluding carboxylic acids is 2. The molecule has 3 rings (SSSR count). The highest BCUT2D eigenvalue weighted by atomic mass is 16.5. The summed E-state index contributed by atoms with van der Waals surface area (Å²) in [5.74, 6) is -0.766. The predicted molar refractivity (Wildman–Crippen MR) is 130 cm³/mol. The van der Waals surface area contributed by atoms with Gasteiger partial charge in [-0.1, -0.05) is 26.0 Å². The zero-order valence-electron chi connectivity index (χ0n) is 20.4. The van der Waals surface area contributed by atoms with Gasteiger partial charge in [-0.25, -0.2) is 9.59 Å². The van der Waals surface area contributed by atoms with Gasteiger partial charge in [0.2, 0.25) is 0 Å². The number of benzene rings is 2. The molecule has 1 amide bonds. The number of carbonyl (C=O) groups is 2. The second-order valence-corrected chi connectivity index (χ2v) is 8.90. The molecule has 8 heteroatoms. The lowest BCUT2D eigenvalue weighted by atomic mass is 9.90. The van der Waals surface area contributed by atoms with Crippen molar-refractivity contribution in [2.24, 2.45) is 5.92 Å². The van der Waals surface area contributed by atoms with Crippen molar-refractivity contribution in [1.82, 2.24) is 5.32 Å². The van der Waals surface area contributed by atoms with E-state index < -0.39 is 29.1 Å². The van der Waals surface area contributed by atoms with Gasteiger partial charge in [0.1, 0.15) is 23.5 Å². The second-order valence-electron chi connectivity index (χ2n) is 8.90. The summed E-state index contributed by atoms with van der Waals surface area (Å²) in [5, 5.41) is 12.8. The molecule has 3 aromatic rings. The summed E-state index contributed by atoms with van der Waals surface area (Å²) in [4.78, 5) is 36.5. The molecule has 0 aliphatic heterocycles. The molecule has 8 nitrogen and oxygen atoms in total. The Morgan fingerprint density at radius 3 is 2.43 bits per heavy atom. The third-order valence-electron chi connectivity index (χ3n) is 5.94. The monoisotopic (exact) mass is 476 g/mol. The van der Waals surface area contributed by atoms with Crippen LogP contribution in [-0.2, 0) is 16.1 Å². The van der Waals surface area contributed by atoms with E-state index >= 15 is 0 Å². The van der Waals surface area contributed by atoms with Crippen LogP contribution < -0.4 is 15.7 Å². The largest absolute Gasteiger partial charge is 0.489 e. The molecule has 1 N–H and O–H groups in total. The lowest BCUT2D eigenvalue weighted by Crippen LogP contribution is -2.52. The summed E-state index contributed by atoms with van der Waals surface area (Å²) in [5.41, 5.74) is 0.890. The quantitative estimate of drug-likeness (QED) is 0.381. The molecule has 2 atom stereocenters. The zero-order chi connectivity index (χ0) is 25.8. The number of aryl methyl sites for hydroxylation is 1. The van der Waals surface area contributed by atoms with Crippen LogP contribution in [0.5, 0.6) is 5.75 Å². The van der Waals surface area contributed by atoms with Gasteiger partial charge >= 0.3 is 11.6 Å². The van der Waals surface area contributed by atoms with E-state index in [0.29, 0.717) is 11.3 Å². The smallest absolute Gasteiger partial charge is 0.338 e. The predicted octanol–water partition coefficient (Wildman–Crippen LogP) is 4.28. The summed E-state index contributed by atoms with van der Waals surface area (Å²) in [6.07, 6.45) is -1.06. The Morgan fingerprint density at radius 1 is 1.11 bits per heavy atom. The molecule has 35 heavy (non-hydrogen) atoms. The summed E-state index contributed by atoms with van der Waals surface area (Å²) in [7, 11) is 0. The number of amides is 1. The lowest BCUT2D eigenvalue weighted by Gasteiger charge is -2.28. The molecule has 1 heterocycles. The third-order valence-corrected chi connectivity index (χ3v) is 5.94. The number of hydrogen-bond acceptors (Lipinski definition) is 7. The molecule has 0 aliphatic rings.